The van der Waals surface area contributed by atoms with Gasteiger partial charge in [0.15, 0.2) is 5.78 Å². The van der Waals surface area contributed by atoms with Gasteiger partial charge in [-0.15, -0.1) is 0 Å². The highest BCUT2D eigenvalue weighted by Gasteiger charge is 2.34. The summed E-state index contributed by atoms with van der Waals surface area (Å²) in [6.07, 6.45) is 0. The van der Waals surface area contributed by atoms with Gasteiger partial charge in [0.25, 0.3) is 5.91 Å². The Bertz CT molecular complexity index is 1230. The molecular formula is C22H17NO5S. The van der Waals surface area contributed by atoms with Crippen LogP contribution in [0.15, 0.2) is 76.5 Å². The summed E-state index contributed by atoms with van der Waals surface area (Å²) in [5.41, 5.74) is 1.27. The SMILES string of the molecule is COc1ccc(CNC(=O)c2ccc3c(c2)S(=O)(=O)c2ccccc2C3=O)cc1. The highest BCUT2D eigenvalue weighted by Crippen LogP contribution is 2.34. The molecule has 6 nitrogen and oxygen atoms in total. The first-order valence-electron chi connectivity index (χ1n) is 8.86. The number of hydrogen-bond acceptors (Lipinski definition) is 5. The second-order valence-electron chi connectivity index (χ2n) is 6.57. The lowest BCUT2D eigenvalue weighted by atomic mass is 10.0. The van der Waals surface area contributed by atoms with Crippen molar-refractivity contribution in [1.82, 2.24) is 5.32 Å². The van der Waals surface area contributed by atoms with Crippen LogP contribution in [0.2, 0.25) is 0 Å². The first-order valence-corrected chi connectivity index (χ1v) is 10.3. The molecule has 0 aromatic heterocycles. The minimum atomic E-state index is -3.88. The Labute approximate surface area is 168 Å². The molecule has 0 unspecified atom stereocenters. The summed E-state index contributed by atoms with van der Waals surface area (Å²) in [4.78, 5) is 25.0. The standard InChI is InChI=1S/C22H17NO5S/c1-28-16-9-6-14(7-10-16)13-23-22(25)15-8-11-18-20(12-15)29(26,27)19-5-3-2-4-17(19)21(18)24/h2-12H,13H2,1H3,(H,23,25). The second kappa shape index (κ2) is 7.18. The number of rotatable bonds is 4. The molecule has 7 heteroatoms. The Morgan fingerprint density at radius 3 is 2.34 bits per heavy atom. The maximum absolute atomic E-state index is 13.0. The van der Waals surface area contributed by atoms with Crippen LogP contribution < -0.4 is 10.1 Å². The molecule has 1 N–H and O–H groups in total. The van der Waals surface area contributed by atoms with E-state index in [2.05, 4.69) is 5.32 Å². The largest absolute Gasteiger partial charge is 0.497 e. The van der Waals surface area contributed by atoms with Gasteiger partial charge in [-0.1, -0.05) is 24.3 Å². The van der Waals surface area contributed by atoms with Gasteiger partial charge in [-0.3, -0.25) is 9.59 Å². The van der Waals surface area contributed by atoms with E-state index in [-0.39, 0.29) is 38.8 Å². The fourth-order valence-corrected chi connectivity index (χ4v) is 4.93. The average Bonchev–Trinajstić information content (AvgIpc) is 2.76. The van der Waals surface area contributed by atoms with Crippen LogP contribution in [-0.4, -0.2) is 27.2 Å². The number of carbonyl (C=O) groups is 2. The normalized spacial score (nSPS) is 13.9. The lowest BCUT2D eigenvalue weighted by molar-refractivity contribution is 0.0948. The Kier molecular flexibility index (Phi) is 4.68. The summed E-state index contributed by atoms with van der Waals surface area (Å²) >= 11 is 0. The molecule has 1 aliphatic rings. The number of amides is 1. The van der Waals surface area contributed by atoms with Gasteiger partial charge >= 0.3 is 0 Å². The number of sulfone groups is 1. The first-order chi connectivity index (χ1) is 13.9. The van der Waals surface area contributed by atoms with Crippen molar-refractivity contribution in [2.75, 3.05) is 7.11 Å². The van der Waals surface area contributed by atoms with E-state index in [1.54, 1.807) is 31.4 Å². The molecule has 3 aromatic rings. The summed E-state index contributed by atoms with van der Waals surface area (Å²) in [7, 11) is -2.31. The number of benzene rings is 3. The molecule has 0 bridgehead atoms. The molecule has 0 atom stereocenters. The molecule has 29 heavy (non-hydrogen) atoms. The summed E-state index contributed by atoms with van der Waals surface area (Å²) in [6, 6.07) is 17.4. The fraction of sp³-hybridized carbons (Fsp3) is 0.0909. The van der Waals surface area contributed by atoms with Crippen molar-refractivity contribution in [3.63, 3.8) is 0 Å². The molecule has 0 aliphatic carbocycles. The van der Waals surface area contributed by atoms with Crippen LogP contribution in [0.5, 0.6) is 5.75 Å². The third-order valence-corrected chi connectivity index (χ3v) is 6.66. The zero-order valence-electron chi connectivity index (χ0n) is 15.5. The molecule has 4 rings (SSSR count). The van der Waals surface area contributed by atoms with Crippen LogP contribution in [0.3, 0.4) is 0 Å². The van der Waals surface area contributed by atoms with Crippen molar-refractivity contribution in [2.45, 2.75) is 16.3 Å². The van der Waals surface area contributed by atoms with Gasteiger partial charge in [0.05, 0.1) is 16.9 Å². The lowest BCUT2D eigenvalue weighted by Crippen LogP contribution is -2.25. The molecular weight excluding hydrogens is 390 g/mol. The molecule has 0 saturated carbocycles. The number of ketones is 1. The average molecular weight is 407 g/mol. The molecule has 0 saturated heterocycles. The van der Waals surface area contributed by atoms with Crippen molar-refractivity contribution in [1.29, 1.82) is 0 Å². The number of methoxy groups -OCH3 is 1. The first kappa shape index (κ1) is 18.9. The number of ether oxygens (including phenoxy) is 1. The zero-order chi connectivity index (χ0) is 20.6. The number of carbonyl (C=O) groups excluding carboxylic acids is 2. The minimum Gasteiger partial charge on any atom is -0.497 e. The number of fused-ring (bicyclic) bond motifs is 2. The van der Waals surface area contributed by atoms with Crippen molar-refractivity contribution < 1.29 is 22.7 Å². The molecule has 3 aromatic carbocycles. The van der Waals surface area contributed by atoms with Crippen molar-refractivity contribution in [3.8, 4) is 5.75 Å². The van der Waals surface area contributed by atoms with E-state index in [1.165, 1.54) is 30.3 Å². The van der Waals surface area contributed by atoms with Crippen molar-refractivity contribution in [3.05, 3.63) is 89.0 Å². The Morgan fingerprint density at radius 2 is 1.62 bits per heavy atom. The maximum atomic E-state index is 13.0. The van der Waals surface area contributed by atoms with E-state index in [0.717, 1.165) is 5.56 Å². The molecule has 1 aliphatic heterocycles. The predicted molar refractivity (Wildman–Crippen MR) is 106 cm³/mol. The van der Waals surface area contributed by atoms with Crippen LogP contribution in [0.1, 0.15) is 31.8 Å². The van der Waals surface area contributed by atoms with E-state index >= 15 is 0 Å². The summed E-state index contributed by atoms with van der Waals surface area (Å²) in [5, 5.41) is 2.76. The van der Waals surface area contributed by atoms with E-state index < -0.39 is 15.7 Å². The molecule has 1 amide bonds. The molecule has 0 radical (unpaired) electrons. The van der Waals surface area contributed by atoms with Gasteiger partial charge in [-0.25, -0.2) is 8.42 Å². The quantitative estimate of drug-likeness (QED) is 0.562. The third kappa shape index (κ3) is 3.30. The summed E-state index contributed by atoms with van der Waals surface area (Å²) in [5.74, 6) is -0.0781. The Balaban J connectivity index is 1.61. The Morgan fingerprint density at radius 1 is 0.931 bits per heavy atom. The van der Waals surface area contributed by atoms with Crippen LogP contribution in [0.4, 0.5) is 0 Å². The fourth-order valence-electron chi connectivity index (χ4n) is 3.25. The number of nitrogens with one attached hydrogen (secondary N) is 1. The maximum Gasteiger partial charge on any atom is 0.251 e. The summed E-state index contributed by atoms with van der Waals surface area (Å²) < 4.78 is 31.0. The van der Waals surface area contributed by atoms with Crippen LogP contribution in [0, 0.1) is 0 Å². The smallest absolute Gasteiger partial charge is 0.251 e. The Hall–Kier alpha value is -3.45. The molecule has 146 valence electrons. The topological polar surface area (TPSA) is 89.5 Å². The van der Waals surface area contributed by atoms with Gasteiger partial charge < -0.3 is 10.1 Å². The predicted octanol–water partition coefficient (Wildman–Crippen LogP) is 3.00. The van der Waals surface area contributed by atoms with Gasteiger partial charge in [-0.2, -0.15) is 0 Å². The van der Waals surface area contributed by atoms with Crippen LogP contribution >= 0.6 is 0 Å². The van der Waals surface area contributed by atoms with Crippen molar-refractivity contribution in [2.24, 2.45) is 0 Å². The summed E-state index contributed by atoms with van der Waals surface area (Å²) in [6.45, 7) is 0.272. The lowest BCUT2D eigenvalue weighted by Gasteiger charge is -2.19. The zero-order valence-corrected chi connectivity index (χ0v) is 16.3. The van der Waals surface area contributed by atoms with Gasteiger partial charge in [0, 0.05) is 23.2 Å². The van der Waals surface area contributed by atoms with Crippen LogP contribution in [0.25, 0.3) is 0 Å². The van der Waals surface area contributed by atoms with E-state index in [0.29, 0.717) is 5.75 Å². The highest BCUT2D eigenvalue weighted by molar-refractivity contribution is 7.91. The molecule has 0 spiro atoms. The van der Waals surface area contributed by atoms with Crippen LogP contribution in [-0.2, 0) is 16.4 Å². The van der Waals surface area contributed by atoms with E-state index in [9.17, 15) is 18.0 Å². The van der Waals surface area contributed by atoms with Gasteiger partial charge in [-0.05, 0) is 48.0 Å². The molecule has 1 heterocycles. The molecule has 0 fully saturated rings. The van der Waals surface area contributed by atoms with E-state index in [1.807, 2.05) is 12.1 Å². The number of hydrogen-bond donors (Lipinski definition) is 1. The highest BCUT2D eigenvalue weighted by atomic mass is 32.2. The van der Waals surface area contributed by atoms with Crippen molar-refractivity contribution >= 4 is 21.5 Å². The van der Waals surface area contributed by atoms with Gasteiger partial charge in [0.2, 0.25) is 9.84 Å². The van der Waals surface area contributed by atoms with E-state index in [4.69, 9.17) is 4.74 Å². The minimum absolute atomic E-state index is 0.0340. The van der Waals surface area contributed by atoms with Gasteiger partial charge in [0.1, 0.15) is 5.75 Å². The second-order valence-corrected chi connectivity index (χ2v) is 8.46. The monoisotopic (exact) mass is 407 g/mol. The third-order valence-electron chi connectivity index (χ3n) is 4.81.